The molecule has 112 valence electrons. The van der Waals surface area contributed by atoms with E-state index < -0.39 is 0 Å². The fourth-order valence-electron chi connectivity index (χ4n) is 3.60. The third-order valence-electron chi connectivity index (χ3n) is 4.78. The summed E-state index contributed by atoms with van der Waals surface area (Å²) < 4.78 is 5.78. The van der Waals surface area contributed by atoms with Gasteiger partial charge in [0.25, 0.3) is 0 Å². The molecule has 0 saturated carbocycles. The van der Waals surface area contributed by atoms with Crippen molar-refractivity contribution in [3.05, 3.63) is 0 Å². The van der Waals surface area contributed by atoms with Gasteiger partial charge in [0.2, 0.25) is 0 Å². The minimum absolute atomic E-state index is 0.509. The minimum Gasteiger partial charge on any atom is -0.378 e. The molecule has 0 radical (unpaired) electrons. The number of nitrogens with zero attached hydrogens (tertiary/aromatic N) is 1. The van der Waals surface area contributed by atoms with E-state index in [1.807, 2.05) is 0 Å². The van der Waals surface area contributed by atoms with E-state index in [9.17, 15) is 0 Å². The van der Waals surface area contributed by atoms with Crippen molar-refractivity contribution >= 4 is 0 Å². The van der Waals surface area contributed by atoms with Crippen molar-refractivity contribution in [1.82, 2.24) is 10.2 Å². The highest BCUT2D eigenvalue weighted by Gasteiger charge is 2.27. The summed E-state index contributed by atoms with van der Waals surface area (Å²) in [5.41, 5.74) is 0. The lowest BCUT2D eigenvalue weighted by molar-refractivity contribution is 0.0864. The van der Waals surface area contributed by atoms with Crippen LogP contribution in [0.2, 0.25) is 0 Å². The molecule has 3 nitrogen and oxygen atoms in total. The molecular weight excluding hydrogens is 236 g/mol. The molecule has 3 atom stereocenters. The zero-order valence-electron chi connectivity index (χ0n) is 12.9. The third kappa shape index (κ3) is 4.73. The quantitative estimate of drug-likeness (QED) is 0.801. The van der Waals surface area contributed by atoms with E-state index in [0.717, 1.165) is 25.1 Å². The molecule has 3 unspecified atom stereocenters. The van der Waals surface area contributed by atoms with Gasteiger partial charge in [0.15, 0.2) is 0 Å². The molecule has 2 fully saturated rings. The van der Waals surface area contributed by atoms with Gasteiger partial charge >= 0.3 is 0 Å². The maximum atomic E-state index is 5.78. The first-order valence-electron chi connectivity index (χ1n) is 8.40. The van der Waals surface area contributed by atoms with E-state index in [2.05, 4.69) is 24.1 Å². The van der Waals surface area contributed by atoms with Gasteiger partial charge in [-0.15, -0.1) is 0 Å². The van der Waals surface area contributed by atoms with Crippen LogP contribution in [-0.4, -0.2) is 49.8 Å². The van der Waals surface area contributed by atoms with Crippen LogP contribution >= 0.6 is 0 Å². The van der Waals surface area contributed by atoms with Gasteiger partial charge in [-0.3, -0.25) is 0 Å². The average molecular weight is 268 g/mol. The Hall–Kier alpha value is -0.120. The van der Waals surface area contributed by atoms with Crippen LogP contribution in [0.5, 0.6) is 0 Å². The zero-order valence-corrected chi connectivity index (χ0v) is 12.9. The van der Waals surface area contributed by atoms with Gasteiger partial charge in [-0.2, -0.15) is 0 Å². The van der Waals surface area contributed by atoms with Crippen molar-refractivity contribution < 1.29 is 4.74 Å². The number of hydrogen-bond acceptors (Lipinski definition) is 3. The van der Waals surface area contributed by atoms with Crippen molar-refractivity contribution in [2.75, 3.05) is 32.8 Å². The fraction of sp³-hybridized carbons (Fsp3) is 1.00. The Morgan fingerprint density at radius 3 is 2.84 bits per heavy atom. The Kier molecular flexibility index (Phi) is 6.62. The lowest BCUT2D eigenvalue weighted by Crippen LogP contribution is -2.36. The molecule has 0 aromatic rings. The predicted octanol–water partition coefficient (Wildman–Crippen LogP) is 2.66. The average Bonchev–Trinajstić information content (AvgIpc) is 2.77. The Bertz CT molecular complexity index is 247. The second kappa shape index (κ2) is 8.23. The van der Waals surface area contributed by atoms with Crippen LogP contribution in [0.15, 0.2) is 0 Å². The number of ether oxygens (including phenoxy) is 1. The van der Waals surface area contributed by atoms with Crippen LogP contribution in [0, 0.1) is 5.92 Å². The normalized spacial score (nSPS) is 33.5. The van der Waals surface area contributed by atoms with E-state index >= 15 is 0 Å². The molecule has 2 aliphatic heterocycles. The molecule has 19 heavy (non-hydrogen) atoms. The van der Waals surface area contributed by atoms with Crippen LogP contribution in [0.25, 0.3) is 0 Å². The molecule has 2 heterocycles. The summed E-state index contributed by atoms with van der Waals surface area (Å²) in [5.74, 6) is 0.750. The first-order chi connectivity index (χ1) is 9.33. The molecule has 1 N–H and O–H groups in total. The van der Waals surface area contributed by atoms with E-state index in [1.165, 1.54) is 58.2 Å². The van der Waals surface area contributed by atoms with Gasteiger partial charge in [-0.25, -0.2) is 0 Å². The number of rotatable bonds is 6. The Morgan fingerprint density at radius 2 is 2.05 bits per heavy atom. The molecule has 2 saturated heterocycles. The summed E-state index contributed by atoms with van der Waals surface area (Å²) in [6.45, 7) is 10.5. The van der Waals surface area contributed by atoms with Gasteiger partial charge < -0.3 is 15.0 Å². The second-order valence-electron chi connectivity index (χ2n) is 6.24. The van der Waals surface area contributed by atoms with Crippen LogP contribution in [-0.2, 0) is 4.74 Å². The Morgan fingerprint density at radius 1 is 1.16 bits per heavy atom. The summed E-state index contributed by atoms with van der Waals surface area (Å²) in [7, 11) is 0. The topological polar surface area (TPSA) is 24.5 Å². The van der Waals surface area contributed by atoms with Gasteiger partial charge in [0, 0.05) is 19.2 Å². The predicted molar refractivity (Wildman–Crippen MR) is 80.5 cm³/mol. The number of hydrogen-bond donors (Lipinski definition) is 1. The molecule has 0 spiro atoms. The first-order valence-corrected chi connectivity index (χ1v) is 8.40. The first kappa shape index (κ1) is 15.3. The SMILES string of the molecule is CCCN1CCCC(NCC2CCOC2CC)CC1. The fourth-order valence-corrected chi connectivity index (χ4v) is 3.60. The van der Waals surface area contributed by atoms with E-state index in [0.29, 0.717) is 6.10 Å². The summed E-state index contributed by atoms with van der Waals surface area (Å²) >= 11 is 0. The van der Waals surface area contributed by atoms with Gasteiger partial charge in [-0.05, 0) is 64.1 Å². The van der Waals surface area contributed by atoms with Gasteiger partial charge in [0.05, 0.1) is 6.10 Å². The molecule has 2 aliphatic rings. The van der Waals surface area contributed by atoms with E-state index in [-0.39, 0.29) is 0 Å². The molecule has 0 amide bonds. The van der Waals surface area contributed by atoms with Crippen molar-refractivity contribution in [2.24, 2.45) is 5.92 Å². The van der Waals surface area contributed by atoms with E-state index in [1.54, 1.807) is 0 Å². The lowest BCUT2D eigenvalue weighted by Gasteiger charge is -2.22. The molecule has 0 aliphatic carbocycles. The van der Waals surface area contributed by atoms with Gasteiger partial charge in [-0.1, -0.05) is 13.8 Å². The molecule has 0 aromatic carbocycles. The molecule has 2 rings (SSSR count). The smallest absolute Gasteiger partial charge is 0.0613 e. The van der Waals surface area contributed by atoms with Crippen LogP contribution in [0.3, 0.4) is 0 Å². The van der Waals surface area contributed by atoms with Crippen molar-refractivity contribution in [3.8, 4) is 0 Å². The Balaban J connectivity index is 1.68. The van der Waals surface area contributed by atoms with Crippen LogP contribution in [0.1, 0.15) is 52.4 Å². The number of likely N-dealkylation sites (tertiary alicyclic amines) is 1. The summed E-state index contributed by atoms with van der Waals surface area (Å²) in [5, 5.41) is 3.82. The number of nitrogens with one attached hydrogen (secondary N) is 1. The van der Waals surface area contributed by atoms with Gasteiger partial charge in [0.1, 0.15) is 0 Å². The highest BCUT2D eigenvalue weighted by molar-refractivity contribution is 4.81. The molecule has 0 bridgehead atoms. The Labute approximate surface area is 119 Å². The molecule has 0 aromatic heterocycles. The lowest BCUT2D eigenvalue weighted by atomic mass is 9.98. The largest absolute Gasteiger partial charge is 0.378 e. The summed E-state index contributed by atoms with van der Waals surface area (Å²) in [6.07, 6.45) is 8.25. The van der Waals surface area contributed by atoms with E-state index in [4.69, 9.17) is 4.74 Å². The highest BCUT2D eigenvalue weighted by atomic mass is 16.5. The van der Waals surface area contributed by atoms with Crippen molar-refractivity contribution in [1.29, 1.82) is 0 Å². The third-order valence-corrected chi connectivity index (χ3v) is 4.78. The van der Waals surface area contributed by atoms with Crippen LogP contribution in [0.4, 0.5) is 0 Å². The molecule has 3 heteroatoms. The maximum Gasteiger partial charge on any atom is 0.0613 e. The zero-order chi connectivity index (χ0) is 13.5. The highest BCUT2D eigenvalue weighted by Crippen LogP contribution is 2.23. The minimum atomic E-state index is 0.509. The maximum absolute atomic E-state index is 5.78. The molecular formula is C16H32N2O. The summed E-state index contributed by atoms with van der Waals surface area (Å²) in [4.78, 5) is 2.63. The van der Waals surface area contributed by atoms with Crippen molar-refractivity contribution in [2.45, 2.75) is 64.5 Å². The van der Waals surface area contributed by atoms with Crippen LogP contribution < -0.4 is 5.32 Å². The second-order valence-corrected chi connectivity index (χ2v) is 6.24. The standard InChI is InChI=1S/C16H32N2O/c1-3-9-18-10-5-6-15(7-11-18)17-13-14-8-12-19-16(14)4-2/h14-17H,3-13H2,1-2H3. The monoisotopic (exact) mass is 268 g/mol. The van der Waals surface area contributed by atoms with Crippen molar-refractivity contribution in [3.63, 3.8) is 0 Å². The summed E-state index contributed by atoms with van der Waals surface area (Å²) in [6, 6.07) is 0.736.